The lowest BCUT2D eigenvalue weighted by molar-refractivity contribution is 0.620. The predicted octanol–water partition coefficient (Wildman–Crippen LogP) is 2.62. The monoisotopic (exact) mass is 273 g/mol. The lowest BCUT2D eigenvalue weighted by atomic mass is 10.1. The van der Waals surface area contributed by atoms with Crippen LogP contribution < -0.4 is 10.2 Å². The van der Waals surface area contributed by atoms with Crippen molar-refractivity contribution < 1.29 is 4.39 Å². The van der Waals surface area contributed by atoms with Gasteiger partial charge in [0.05, 0.1) is 5.69 Å². The minimum atomic E-state index is -0.179. The number of nitrogens with zero attached hydrogens (tertiary/aromatic N) is 2. The molecule has 0 aliphatic heterocycles. The molecule has 0 saturated heterocycles. The Morgan fingerprint density at radius 1 is 1.15 bits per heavy atom. The normalized spacial score (nSPS) is 10.6. The van der Waals surface area contributed by atoms with E-state index in [1.165, 1.54) is 11.6 Å². The smallest absolute Gasteiger partial charge is 0.146 e. The van der Waals surface area contributed by atoms with Crippen molar-refractivity contribution in [2.24, 2.45) is 0 Å². The van der Waals surface area contributed by atoms with E-state index in [4.69, 9.17) is 0 Å². The number of benzene rings is 1. The molecule has 20 heavy (non-hydrogen) atoms. The minimum absolute atomic E-state index is 0.179. The second-order valence-electron chi connectivity index (χ2n) is 4.84. The first-order valence-electron chi connectivity index (χ1n) is 6.74. The zero-order valence-electron chi connectivity index (χ0n) is 11.9. The van der Waals surface area contributed by atoms with Crippen molar-refractivity contribution in [1.29, 1.82) is 0 Å². The molecule has 4 heteroatoms. The summed E-state index contributed by atoms with van der Waals surface area (Å²) in [5.74, 6) is -0.179. The molecule has 1 aromatic carbocycles. The number of nitrogens with one attached hydrogen (secondary N) is 1. The van der Waals surface area contributed by atoms with Gasteiger partial charge in [-0.1, -0.05) is 6.07 Å². The summed E-state index contributed by atoms with van der Waals surface area (Å²) >= 11 is 0. The Hall–Kier alpha value is -1.94. The van der Waals surface area contributed by atoms with Crippen molar-refractivity contribution in [2.75, 3.05) is 25.5 Å². The highest BCUT2D eigenvalue weighted by atomic mass is 19.1. The van der Waals surface area contributed by atoms with Crippen molar-refractivity contribution in [3.8, 4) is 0 Å². The van der Waals surface area contributed by atoms with Crippen LogP contribution in [0.2, 0.25) is 0 Å². The van der Waals surface area contributed by atoms with Gasteiger partial charge < -0.3 is 10.2 Å². The van der Waals surface area contributed by atoms with Crippen LogP contribution in [0, 0.1) is 5.82 Å². The summed E-state index contributed by atoms with van der Waals surface area (Å²) in [5.41, 5.74) is 2.94. The molecule has 2 rings (SSSR count). The molecular weight excluding hydrogens is 253 g/mol. The Bertz CT molecular complexity index is 543. The van der Waals surface area contributed by atoms with E-state index in [9.17, 15) is 4.39 Å². The van der Waals surface area contributed by atoms with Gasteiger partial charge in [-0.25, -0.2) is 4.39 Å². The molecule has 0 spiro atoms. The third-order valence-electron chi connectivity index (χ3n) is 3.29. The van der Waals surface area contributed by atoms with Gasteiger partial charge in [0.1, 0.15) is 5.82 Å². The number of aromatic nitrogens is 1. The quantitative estimate of drug-likeness (QED) is 0.877. The summed E-state index contributed by atoms with van der Waals surface area (Å²) in [6.45, 7) is 1.51. The van der Waals surface area contributed by atoms with Gasteiger partial charge in [-0.3, -0.25) is 4.98 Å². The van der Waals surface area contributed by atoms with Crippen molar-refractivity contribution in [2.45, 2.75) is 13.0 Å². The molecule has 2 aromatic rings. The van der Waals surface area contributed by atoms with Gasteiger partial charge >= 0.3 is 0 Å². The summed E-state index contributed by atoms with van der Waals surface area (Å²) < 4.78 is 13.9. The standard InChI is InChI=1S/C16H20FN3/c1-18-12-14-3-4-15(17)16(11-14)20(2)10-7-13-5-8-19-9-6-13/h3-6,8-9,11,18H,7,10,12H2,1-2H3. The predicted molar refractivity (Wildman–Crippen MR) is 80.4 cm³/mol. The lowest BCUT2D eigenvalue weighted by Gasteiger charge is -2.20. The molecular formula is C16H20FN3. The Balaban J connectivity index is 2.04. The third kappa shape index (κ3) is 3.78. The Morgan fingerprint density at radius 2 is 1.90 bits per heavy atom. The number of pyridine rings is 1. The topological polar surface area (TPSA) is 28.2 Å². The zero-order valence-corrected chi connectivity index (χ0v) is 11.9. The largest absolute Gasteiger partial charge is 0.372 e. The molecule has 106 valence electrons. The van der Waals surface area contributed by atoms with E-state index in [0.717, 1.165) is 25.1 Å². The van der Waals surface area contributed by atoms with Crippen molar-refractivity contribution in [3.05, 3.63) is 59.7 Å². The van der Waals surface area contributed by atoms with E-state index in [0.29, 0.717) is 5.69 Å². The maximum atomic E-state index is 13.9. The molecule has 0 fully saturated rings. The number of anilines is 1. The van der Waals surface area contributed by atoms with Crippen LogP contribution in [0.25, 0.3) is 0 Å². The third-order valence-corrected chi connectivity index (χ3v) is 3.29. The molecule has 1 N–H and O–H groups in total. The van der Waals surface area contributed by atoms with Gasteiger partial charge in [0.25, 0.3) is 0 Å². The van der Waals surface area contributed by atoms with E-state index in [1.54, 1.807) is 12.4 Å². The van der Waals surface area contributed by atoms with Crippen LogP contribution in [0.4, 0.5) is 10.1 Å². The molecule has 0 aliphatic carbocycles. The van der Waals surface area contributed by atoms with E-state index >= 15 is 0 Å². The van der Waals surface area contributed by atoms with E-state index in [-0.39, 0.29) is 5.82 Å². The van der Waals surface area contributed by atoms with Gasteiger partial charge in [-0.05, 0) is 48.9 Å². The molecule has 0 unspecified atom stereocenters. The van der Waals surface area contributed by atoms with E-state index in [2.05, 4.69) is 10.3 Å². The maximum absolute atomic E-state index is 13.9. The van der Waals surface area contributed by atoms with Gasteiger partial charge in [-0.15, -0.1) is 0 Å². The van der Waals surface area contributed by atoms with Gasteiger partial charge in [0.2, 0.25) is 0 Å². The Morgan fingerprint density at radius 3 is 2.60 bits per heavy atom. The first-order valence-corrected chi connectivity index (χ1v) is 6.74. The molecule has 1 aromatic heterocycles. The summed E-state index contributed by atoms with van der Waals surface area (Å²) in [6.07, 6.45) is 4.43. The summed E-state index contributed by atoms with van der Waals surface area (Å²) in [5, 5.41) is 3.08. The lowest BCUT2D eigenvalue weighted by Crippen LogP contribution is -2.22. The molecule has 0 aliphatic rings. The second-order valence-corrected chi connectivity index (χ2v) is 4.84. The number of likely N-dealkylation sites (N-methyl/N-ethyl adjacent to an activating group) is 1. The summed E-state index contributed by atoms with van der Waals surface area (Å²) in [6, 6.07) is 9.22. The number of hydrogen-bond donors (Lipinski definition) is 1. The first-order chi connectivity index (χ1) is 9.70. The zero-order chi connectivity index (χ0) is 14.4. The van der Waals surface area contributed by atoms with Crippen molar-refractivity contribution >= 4 is 5.69 Å². The molecule has 0 bridgehead atoms. The Kier molecular flexibility index (Phi) is 5.07. The number of hydrogen-bond acceptors (Lipinski definition) is 3. The fourth-order valence-corrected chi connectivity index (χ4v) is 2.13. The van der Waals surface area contributed by atoms with Gasteiger partial charge in [0.15, 0.2) is 0 Å². The summed E-state index contributed by atoms with van der Waals surface area (Å²) in [7, 11) is 3.80. The molecule has 0 radical (unpaired) electrons. The van der Waals surface area contributed by atoms with Crippen molar-refractivity contribution in [1.82, 2.24) is 10.3 Å². The van der Waals surface area contributed by atoms with Crippen LogP contribution in [0.15, 0.2) is 42.7 Å². The fourth-order valence-electron chi connectivity index (χ4n) is 2.13. The number of rotatable bonds is 6. The second kappa shape index (κ2) is 7.01. The fraction of sp³-hybridized carbons (Fsp3) is 0.312. The van der Waals surface area contributed by atoms with Crippen molar-refractivity contribution in [3.63, 3.8) is 0 Å². The molecule has 0 atom stereocenters. The minimum Gasteiger partial charge on any atom is -0.372 e. The molecule has 0 amide bonds. The summed E-state index contributed by atoms with van der Waals surface area (Å²) in [4.78, 5) is 5.95. The van der Waals surface area contributed by atoms with Crippen LogP contribution in [-0.2, 0) is 13.0 Å². The van der Waals surface area contributed by atoms with Crippen LogP contribution in [-0.4, -0.2) is 25.6 Å². The molecule has 1 heterocycles. The average molecular weight is 273 g/mol. The highest BCUT2D eigenvalue weighted by Gasteiger charge is 2.08. The van der Waals surface area contributed by atoms with Crippen LogP contribution >= 0.6 is 0 Å². The van der Waals surface area contributed by atoms with Gasteiger partial charge in [0, 0.05) is 32.5 Å². The highest BCUT2D eigenvalue weighted by Crippen LogP contribution is 2.20. The van der Waals surface area contributed by atoms with Crippen LogP contribution in [0.5, 0.6) is 0 Å². The van der Waals surface area contributed by atoms with Gasteiger partial charge in [-0.2, -0.15) is 0 Å². The SMILES string of the molecule is CNCc1ccc(F)c(N(C)CCc2ccncc2)c1. The van der Waals surface area contributed by atoms with E-state index in [1.807, 2.05) is 43.3 Å². The van der Waals surface area contributed by atoms with E-state index < -0.39 is 0 Å². The Labute approximate surface area is 119 Å². The first kappa shape index (κ1) is 14.5. The van der Waals surface area contributed by atoms with Crippen LogP contribution in [0.1, 0.15) is 11.1 Å². The average Bonchev–Trinajstić information content (AvgIpc) is 2.48. The highest BCUT2D eigenvalue weighted by molar-refractivity contribution is 5.49. The molecule has 3 nitrogen and oxygen atoms in total. The molecule has 0 saturated carbocycles. The van der Waals surface area contributed by atoms with Crippen LogP contribution in [0.3, 0.4) is 0 Å². The maximum Gasteiger partial charge on any atom is 0.146 e. The number of halogens is 1.